The zero-order valence-electron chi connectivity index (χ0n) is 18.5. The van der Waals surface area contributed by atoms with Crippen LogP contribution in [0.2, 0.25) is 0 Å². The number of rotatable bonds is 10. The van der Waals surface area contributed by atoms with Crippen LogP contribution in [0.3, 0.4) is 0 Å². The zero-order chi connectivity index (χ0) is 21.9. The van der Waals surface area contributed by atoms with Gasteiger partial charge in [0, 0.05) is 0 Å². The zero-order valence-corrected chi connectivity index (χ0v) is 20.1. The monoisotopic (exact) mass is 462 g/mol. The third kappa shape index (κ3) is 13.8. The van der Waals surface area contributed by atoms with E-state index in [2.05, 4.69) is 59.8 Å². The van der Waals surface area contributed by atoms with Crippen molar-refractivity contribution in [2.75, 3.05) is 13.7 Å². The van der Waals surface area contributed by atoms with Gasteiger partial charge in [-0.15, -0.1) is 5.92 Å². The van der Waals surface area contributed by atoms with Crippen LogP contribution in [-0.4, -0.2) is 19.7 Å². The summed E-state index contributed by atoms with van der Waals surface area (Å²) >= 11 is 3.45. The van der Waals surface area contributed by atoms with Gasteiger partial charge in [0.05, 0.1) is 26.1 Å². The lowest BCUT2D eigenvalue weighted by Gasteiger charge is -2.11. The Morgan fingerprint density at radius 2 is 1.93 bits per heavy atom. The van der Waals surface area contributed by atoms with E-state index < -0.39 is 0 Å². The van der Waals surface area contributed by atoms with Gasteiger partial charge in [-0.25, -0.2) is 0 Å². The molecule has 29 heavy (non-hydrogen) atoms. The molecule has 3 nitrogen and oxygen atoms in total. The SMILES string of the molecule is C/C=C\C/C(Br)=C\CC.CC#CC(CC(=O)OC)c1ccc(OCCCC)cc1. The van der Waals surface area contributed by atoms with Gasteiger partial charge in [-0.05, 0) is 55.3 Å². The normalized spacial score (nSPS) is 11.7. The Balaban J connectivity index is 0.000000734. The molecule has 0 aliphatic carbocycles. The number of allylic oxidation sites excluding steroid dienone is 4. The molecule has 1 rings (SSSR count). The number of esters is 1. The van der Waals surface area contributed by atoms with Crippen molar-refractivity contribution in [2.45, 2.75) is 65.7 Å². The van der Waals surface area contributed by atoms with Crippen molar-refractivity contribution in [1.29, 1.82) is 0 Å². The lowest BCUT2D eigenvalue weighted by Crippen LogP contribution is -2.07. The van der Waals surface area contributed by atoms with Gasteiger partial charge < -0.3 is 9.47 Å². The maximum atomic E-state index is 11.4. The fraction of sp³-hybridized carbons (Fsp3) is 0.480. The summed E-state index contributed by atoms with van der Waals surface area (Å²) in [5.41, 5.74) is 1.01. The summed E-state index contributed by atoms with van der Waals surface area (Å²) in [6.07, 6.45) is 11.0. The van der Waals surface area contributed by atoms with Crippen molar-refractivity contribution in [3.05, 3.63) is 52.5 Å². The fourth-order valence-electron chi connectivity index (χ4n) is 2.34. The molecule has 0 N–H and O–H groups in total. The molecule has 1 aromatic rings. The number of ether oxygens (including phenoxy) is 2. The molecule has 0 spiro atoms. The second kappa shape index (κ2) is 18.1. The van der Waals surface area contributed by atoms with E-state index in [1.54, 1.807) is 6.92 Å². The van der Waals surface area contributed by atoms with E-state index in [4.69, 9.17) is 9.47 Å². The van der Waals surface area contributed by atoms with Crippen LogP contribution in [0.5, 0.6) is 5.75 Å². The van der Waals surface area contributed by atoms with E-state index in [0.717, 1.165) is 43.6 Å². The lowest BCUT2D eigenvalue weighted by molar-refractivity contribution is -0.140. The summed E-state index contributed by atoms with van der Waals surface area (Å²) in [5, 5.41) is 0. The highest BCUT2D eigenvalue weighted by Gasteiger charge is 2.14. The number of unbranched alkanes of at least 4 members (excludes halogenated alkanes) is 1. The summed E-state index contributed by atoms with van der Waals surface area (Å²) in [4.78, 5) is 11.4. The summed E-state index contributed by atoms with van der Waals surface area (Å²) in [6, 6.07) is 7.76. The molecule has 0 aliphatic rings. The minimum atomic E-state index is -0.249. The van der Waals surface area contributed by atoms with E-state index in [-0.39, 0.29) is 18.3 Å². The number of methoxy groups -OCH3 is 1. The predicted octanol–water partition coefficient (Wildman–Crippen LogP) is 7.18. The first-order valence-electron chi connectivity index (χ1n) is 10.2. The van der Waals surface area contributed by atoms with Gasteiger partial charge in [0.25, 0.3) is 0 Å². The average molecular weight is 463 g/mol. The molecule has 0 fully saturated rings. The number of hydrogen-bond donors (Lipinski definition) is 0. The van der Waals surface area contributed by atoms with Crippen molar-refractivity contribution >= 4 is 21.9 Å². The van der Waals surface area contributed by atoms with Gasteiger partial charge in [0.15, 0.2) is 0 Å². The van der Waals surface area contributed by atoms with Gasteiger partial charge in [0.1, 0.15) is 5.75 Å². The summed E-state index contributed by atoms with van der Waals surface area (Å²) < 4.78 is 11.6. The minimum absolute atomic E-state index is 0.128. The van der Waals surface area contributed by atoms with Crippen LogP contribution in [0.1, 0.15) is 71.3 Å². The number of hydrogen-bond acceptors (Lipinski definition) is 3. The van der Waals surface area contributed by atoms with Crippen molar-refractivity contribution in [2.24, 2.45) is 0 Å². The van der Waals surface area contributed by atoms with Crippen LogP contribution in [0.15, 0.2) is 47.0 Å². The van der Waals surface area contributed by atoms with Gasteiger partial charge in [0.2, 0.25) is 0 Å². The summed E-state index contributed by atoms with van der Waals surface area (Å²) in [6.45, 7) is 8.80. The largest absolute Gasteiger partial charge is 0.494 e. The Bertz CT molecular complexity index is 678. The van der Waals surface area contributed by atoms with Gasteiger partial charge >= 0.3 is 5.97 Å². The Morgan fingerprint density at radius 1 is 1.24 bits per heavy atom. The van der Waals surface area contributed by atoms with Crippen LogP contribution in [0.4, 0.5) is 0 Å². The first kappa shape index (κ1) is 27.0. The molecule has 0 aromatic heterocycles. The Morgan fingerprint density at radius 3 is 2.45 bits per heavy atom. The van der Waals surface area contributed by atoms with E-state index >= 15 is 0 Å². The smallest absolute Gasteiger partial charge is 0.307 e. The van der Waals surface area contributed by atoms with Crippen LogP contribution in [0, 0.1) is 11.8 Å². The molecule has 0 amide bonds. The van der Waals surface area contributed by atoms with Crippen molar-refractivity contribution in [1.82, 2.24) is 0 Å². The molecule has 1 atom stereocenters. The molecule has 4 heteroatoms. The summed E-state index contributed by atoms with van der Waals surface area (Å²) in [5.74, 6) is 6.38. The van der Waals surface area contributed by atoms with Gasteiger partial charge in [-0.2, -0.15) is 0 Å². The van der Waals surface area contributed by atoms with E-state index in [1.807, 2.05) is 31.2 Å². The third-order valence-electron chi connectivity index (χ3n) is 3.94. The average Bonchev–Trinajstić information content (AvgIpc) is 2.73. The Hall–Kier alpha value is -1.99. The second-order valence-corrected chi connectivity index (χ2v) is 7.35. The molecule has 0 bridgehead atoms. The quantitative estimate of drug-likeness (QED) is 0.160. The van der Waals surface area contributed by atoms with E-state index in [0.29, 0.717) is 0 Å². The summed E-state index contributed by atoms with van der Waals surface area (Å²) in [7, 11) is 1.39. The maximum absolute atomic E-state index is 11.4. The first-order valence-corrected chi connectivity index (χ1v) is 11.0. The molecule has 0 radical (unpaired) electrons. The first-order chi connectivity index (χ1) is 14.0. The van der Waals surface area contributed by atoms with E-state index in [1.165, 1.54) is 11.6 Å². The van der Waals surface area contributed by atoms with Crippen LogP contribution in [-0.2, 0) is 9.53 Å². The highest BCUT2D eigenvalue weighted by Crippen LogP contribution is 2.22. The van der Waals surface area contributed by atoms with E-state index in [9.17, 15) is 4.79 Å². The molecule has 160 valence electrons. The second-order valence-electron chi connectivity index (χ2n) is 6.33. The highest BCUT2D eigenvalue weighted by molar-refractivity contribution is 9.11. The number of carbonyl (C=O) groups excluding carboxylic acids is 1. The van der Waals surface area contributed by atoms with Crippen LogP contribution >= 0.6 is 15.9 Å². The Kier molecular flexibility index (Phi) is 16.8. The molecule has 0 saturated heterocycles. The van der Waals surface area contributed by atoms with Gasteiger partial charge in [-0.3, -0.25) is 4.79 Å². The molecule has 0 saturated carbocycles. The maximum Gasteiger partial charge on any atom is 0.307 e. The van der Waals surface area contributed by atoms with Gasteiger partial charge in [-0.1, -0.05) is 72.5 Å². The van der Waals surface area contributed by atoms with Crippen molar-refractivity contribution in [3.8, 4) is 17.6 Å². The molecular formula is C25H35BrO3. The molecule has 0 aliphatic heterocycles. The standard InChI is InChI=1S/C17H22O3.C8H13Br/c1-4-6-12-20-16-10-8-14(9-11-16)15(7-5-2)13-17(18)19-3;1-3-5-7-8(9)6-4-2/h8-11,15H,4,6,12-13H2,1-3H3;3,5-6H,4,7H2,1-2H3/b;5-3-,8-6+. The molecule has 0 heterocycles. The molecule has 1 unspecified atom stereocenters. The predicted molar refractivity (Wildman–Crippen MR) is 126 cm³/mol. The molecule has 1 aromatic carbocycles. The number of carbonyl (C=O) groups is 1. The van der Waals surface area contributed by atoms with Crippen LogP contribution < -0.4 is 4.74 Å². The topological polar surface area (TPSA) is 35.5 Å². The number of benzene rings is 1. The third-order valence-corrected chi connectivity index (χ3v) is 4.59. The van der Waals surface area contributed by atoms with Crippen molar-refractivity contribution < 1.29 is 14.3 Å². The fourth-order valence-corrected chi connectivity index (χ4v) is 2.85. The van der Waals surface area contributed by atoms with Crippen LogP contribution in [0.25, 0.3) is 0 Å². The minimum Gasteiger partial charge on any atom is -0.494 e. The van der Waals surface area contributed by atoms with Crippen molar-refractivity contribution in [3.63, 3.8) is 0 Å². The highest BCUT2D eigenvalue weighted by atomic mass is 79.9. The lowest BCUT2D eigenvalue weighted by atomic mass is 9.96. The molecular weight excluding hydrogens is 428 g/mol. The number of halogens is 1. The Labute approximate surface area is 185 Å².